The van der Waals surface area contributed by atoms with Crippen molar-refractivity contribution in [3.63, 3.8) is 0 Å². The number of pyridine rings is 1. The Morgan fingerprint density at radius 2 is 2.00 bits per heavy atom. The number of hydrogen-bond acceptors (Lipinski definition) is 7. The summed E-state index contributed by atoms with van der Waals surface area (Å²) in [6.07, 6.45) is 2.93. The summed E-state index contributed by atoms with van der Waals surface area (Å²) in [6, 6.07) is 9.48. The third kappa shape index (κ3) is 7.64. The summed E-state index contributed by atoms with van der Waals surface area (Å²) < 4.78 is 12.1. The number of rotatable bonds is 13. The molecule has 9 nitrogen and oxygen atoms in total. The Bertz CT molecular complexity index is 1340. The molecule has 0 saturated heterocycles. The number of fused-ring (bicyclic) bond motifs is 1. The molecular formula is C31H39BrN4O5. The second-order valence-corrected chi connectivity index (χ2v) is 11.6. The molecule has 0 bridgehead atoms. The van der Waals surface area contributed by atoms with Crippen molar-refractivity contribution in [3.05, 3.63) is 52.3 Å². The highest BCUT2D eigenvalue weighted by Gasteiger charge is 2.33. The molecule has 1 atom stereocenters. The van der Waals surface area contributed by atoms with E-state index in [9.17, 15) is 14.7 Å². The molecule has 41 heavy (non-hydrogen) atoms. The zero-order chi connectivity index (χ0) is 29.0. The molecule has 1 aliphatic carbocycles. The minimum Gasteiger partial charge on any atom is -0.490 e. The Kier molecular flexibility index (Phi) is 10.5. The molecule has 1 saturated carbocycles. The SMILES string of the molecule is Br.CCCC(Oc1c(OCCCC#N)cc(C(=O)CN2Cc3ccc(C4CC4)nc3C2=N)cc1C(C)(C)C)C(=O)O. The molecule has 2 aliphatic rings. The van der Waals surface area contributed by atoms with Crippen LogP contribution in [0.5, 0.6) is 11.5 Å². The average molecular weight is 628 g/mol. The fourth-order valence-electron chi connectivity index (χ4n) is 4.80. The molecule has 2 heterocycles. The van der Waals surface area contributed by atoms with Gasteiger partial charge in [-0.1, -0.05) is 40.2 Å². The van der Waals surface area contributed by atoms with Gasteiger partial charge in [0.05, 0.1) is 19.2 Å². The zero-order valence-electron chi connectivity index (χ0n) is 24.2. The summed E-state index contributed by atoms with van der Waals surface area (Å²) in [4.78, 5) is 32.0. The number of ether oxygens (including phenoxy) is 2. The van der Waals surface area contributed by atoms with Gasteiger partial charge >= 0.3 is 5.97 Å². The van der Waals surface area contributed by atoms with Gasteiger partial charge in [0.2, 0.25) is 0 Å². The van der Waals surface area contributed by atoms with Crippen molar-refractivity contribution in [1.29, 1.82) is 10.7 Å². The molecule has 0 spiro atoms. The van der Waals surface area contributed by atoms with E-state index < -0.39 is 17.5 Å². The van der Waals surface area contributed by atoms with Gasteiger partial charge in [0.1, 0.15) is 11.5 Å². The van der Waals surface area contributed by atoms with Crippen LogP contribution in [0.15, 0.2) is 24.3 Å². The molecule has 0 amide bonds. The van der Waals surface area contributed by atoms with Crippen molar-refractivity contribution >= 4 is 34.6 Å². The second-order valence-electron chi connectivity index (χ2n) is 11.6. The van der Waals surface area contributed by atoms with Gasteiger partial charge in [-0.2, -0.15) is 5.26 Å². The van der Waals surface area contributed by atoms with Crippen molar-refractivity contribution in [3.8, 4) is 17.6 Å². The first-order valence-electron chi connectivity index (χ1n) is 14.0. The molecule has 1 aromatic heterocycles. The maximum absolute atomic E-state index is 13.6. The minimum atomic E-state index is -1.07. The number of amidine groups is 1. The lowest BCUT2D eigenvalue weighted by Crippen LogP contribution is -2.31. The van der Waals surface area contributed by atoms with E-state index in [1.807, 2.05) is 39.8 Å². The van der Waals surface area contributed by atoms with Gasteiger partial charge < -0.3 is 19.5 Å². The van der Waals surface area contributed by atoms with Crippen LogP contribution in [-0.4, -0.2) is 51.8 Å². The molecule has 4 rings (SSSR count). The monoisotopic (exact) mass is 626 g/mol. The first kappa shape index (κ1) is 32.1. The number of nitriles is 1. The van der Waals surface area contributed by atoms with E-state index in [1.165, 1.54) is 0 Å². The maximum Gasteiger partial charge on any atom is 0.344 e. The highest BCUT2D eigenvalue weighted by Crippen LogP contribution is 2.42. The Balaban J connectivity index is 0.00000462. The van der Waals surface area contributed by atoms with Gasteiger partial charge in [-0.25, -0.2) is 9.78 Å². The lowest BCUT2D eigenvalue weighted by molar-refractivity contribution is -0.145. The van der Waals surface area contributed by atoms with E-state index in [1.54, 1.807) is 17.0 Å². The number of carboxylic acids is 1. The van der Waals surface area contributed by atoms with Crippen LogP contribution in [0, 0.1) is 16.7 Å². The smallest absolute Gasteiger partial charge is 0.344 e. The normalized spacial score (nSPS) is 15.0. The molecule has 10 heteroatoms. The first-order valence-corrected chi connectivity index (χ1v) is 14.0. The zero-order valence-corrected chi connectivity index (χ0v) is 25.9. The van der Waals surface area contributed by atoms with Gasteiger partial charge in [0.25, 0.3) is 0 Å². The third-order valence-corrected chi connectivity index (χ3v) is 7.19. The van der Waals surface area contributed by atoms with Gasteiger partial charge in [-0.3, -0.25) is 10.2 Å². The van der Waals surface area contributed by atoms with Crippen LogP contribution in [0.2, 0.25) is 0 Å². The topological polar surface area (TPSA) is 137 Å². The van der Waals surface area contributed by atoms with Crippen LogP contribution in [0.4, 0.5) is 0 Å². The van der Waals surface area contributed by atoms with Crippen LogP contribution in [-0.2, 0) is 16.8 Å². The predicted molar refractivity (Wildman–Crippen MR) is 161 cm³/mol. The number of carbonyl (C=O) groups excluding carboxylic acids is 1. The Morgan fingerprint density at radius 1 is 1.27 bits per heavy atom. The fraction of sp³-hybridized carbons (Fsp3) is 0.516. The summed E-state index contributed by atoms with van der Waals surface area (Å²) in [6.45, 7) is 8.45. The largest absolute Gasteiger partial charge is 0.490 e. The number of aromatic nitrogens is 1. The van der Waals surface area contributed by atoms with Gasteiger partial charge in [-0.05, 0) is 49.3 Å². The highest BCUT2D eigenvalue weighted by molar-refractivity contribution is 8.93. The number of unbranched alkanes of at least 4 members (excludes halogenated alkanes) is 1. The van der Waals surface area contributed by atoms with E-state index in [0.717, 1.165) is 24.1 Å². The Labute approximate surface area is 252 Å². The molecule has 2 aromatic rings. The second kappa shape index (κ2) is 13.5. The van der Waals surface area contributed by atoms with Crippen LogP contribution in [0.1, 0.15) is 105 Å². The lowest BCUT2D eigenvalue weighted by atomic mass is 9.84. The van der Waals surface area contributed by atoms with Crippen molar-refractivity contribution < 1.29 is 24.2 Å². The summed E-state index contributed by atoms with van der Waals surface area (Å²) in [7, 11) is 0. The van der Waals surface area contributed by atoms with Crippen LogP contribution in [0.3, 0.4) is 0 Å². The molecule has 0 radical (unpaired) electrons. The standard InChI is InChI=1S/C31H38N4O5.BrH/c1-5-8-25(30(37)38)40-28-22(31(2,3)4)15-21(16-26(28)39-14-7-6-13-32)24(36)18-35-17-20-11-12-23(19-9-10-19)34-27(20)29(35)33;/h11-12,15-16,19,25,33H,5-10,14,17-18H2,1-4H3,(H,37,38);1H. The summed E-state index contributed by atoms with van der Waals surface area (Å²) in [5.74, 6) is 0.0605. The van der Waals surface area contributed by atoms with Crippen LogP contribution < -0.4 is 9.47 Å². The van der Waals surface area contributed by atoms with Crippen molar-refractivity contribution in [2.24, 2.45) is 0 Å². The molecule has 1 unspecified atom stereocenters. The molecule has 1 aliphatic heterocycles. The maximum atomic E-state index is 13.6. The summed E-state index contributed by atoms with van der Waals surface area (Å²) in [5.41, 5.74) is 3.16. The van der Waals surface area contributed by atoms with Gasteiger partial charge in [0, 0.05) is 41.3 Å². The van der Waals surface area contributed by atoms with E-state index in [-0.39, 0.29) is 47.5 Å². The van der Waals surface area contributed by atoms with Gasteiger partial charge in [-0.15, -0.1) is 17.0 Å². The van der Waals surface area contributed by atoms with Crippen LogP contribution >= 0.6 is 17.0 Å². The number of ketones is 1. The molecule has 2 N–H and O–H groups in total. The van der Waals surface area contributed by atoms with Crippen molar-refractivity contribution in [1.82, 2.24) is 9.88 Å². The van der Waals surface area contributed by atoms with E-state index in [2.05, 4.69) is 6.07 Å². The van der Waals surface area contributed by atoms with Crippen molar-refractivity contribution in [2.75, 3.05) is 13.2 Å². The number of carboxylic acid groups (broad SMARTS) is 1. The summed E-state index contributed by atoms with van der Waals surface area (Å²) >= 11 is 0. The molecule has 1 fully saturated rings. The number of Topliss-reactive ketones (excluding diaryl/α,β-unsaturated/α-hetero) is 1. The number of hydrogen-bond donors (Lipinski definition) is 2. The number of nitrogens with zero attached hydrogens (tertiary/aromatic N) is 3. The number of carbonyl (C=O) groups is 2. The summed E-state index contributed by atoms with van der Waals surface area (Å²) in [5, 5.41) is 27.4. The van der Waals surface area contributed by atoms with E-state index in [0.29, 0.717) is 60.7 Å². The highest BCUT2D eigenvalue weighted by atomic mass is 79.9. The van der Waals surface area contributed by atoms with E-state index in [4.69, 9.17) is 25.1 Å². The molecule has 1 aromatic carbocycles. The lowest BCUT2D eigenvalue weighted by Gasteiger charge is -2.28. The number of nitrogens with one attached hydrogen (secondary N) is 1. The van der Waals surface area contributed by atoms with Gasteiger partial charge in [0.15, 0.2) is 23.4 Å². The molecular weight excluding hydrogens is 588 g/mol. The minimum absolute atomic E-state index is 0. The first-order chi connectivity index (χ1) is 19.0. The van der Waals surface area contributed by atoms with Crippen LogP contribution in [0.25, 0.3) is 0 Å². The number of benzene rings is 1. The van der Waals surface area contributed by atoms with Crippen molar-refractivity contribution in [2.45, 2.75) is 90.2 Å². The number of halogens is 1. The van der Waals surface area contributed by atoms with E-state index >= 15 is 0 Å². The predicted octanol–water partition coefficient (Wildman–Crippen LogP) is 6.17. The average Bonchev–Trinajstić information content (AvgIpc) is 3.71. The number of aliphatic carboxylic acids is 1. The Hall–Kier alpha value is -3.45. The quantitative estimate of drug-likeness (QED) is 0.199. The Morgan fingerprint density at radius 3 is 2.61 bits per heavy atom. The third-order valence-electron chi connectivity index (χ3n) is 7.19. The molecule has 220 valence electrons. The fourth-order valence-corrected chi connectivity index (χ4v) is 4.80.